The van der Waals surface area contributed by atoms with Crippen LogP contribution in [0, 0.1) is 0 Å². The van der Waals surface area contributed by atoms with Crippen LogP contribution in [0.3, 0.4) is 0 Å². The van der Waals surface area contributed by atoms with E-state index in [4.69, 9.17) is 10.5 Å². The summed E-state index contributed by atoms with van der Waals surface area (Å²) in [6.07, 6.45) is 5.49. The summed E-state index contributed by atoms with van der Waals surface area (Å²) in [5.74, 6) is 1.31. The molecule has 2 aromatic heterocycles. The van der Waals surface area contributed by atoms with Crippen LogP contribution in [-0.4, -0.2) is 26.4 Å². The Kier molecular flexibility index (Phi) is 4.40. The molecule has 0 saturated heterocycles. The Morgan fingerprint density at radius 1 is 1.23 bits per heavy atom. The summed E-state index contributed by atoms with van der Waals surface area (Å²) in [5.41, 5.74) is 8.25. The largest absolute Gasteiger partial charge is 0.447 e. The molecular formula is C21H19N7O2. The fraction of sp³-hybridized carbons (Fsp3) is 0.143. The Morgan fingerprint density at radius 3 is 2.93 bits per heavy atom. The Labute approximate surface area is 172 Å². The summed E-state index contributed by atoms with van der Waals surface area (Å²) >= 11 is 0. The van der Waals surface area contributed by atoms with Gasteiger partial charge in [0, 0.05) is 19.2 Å². The molecule has 1 amide bonds. The van der Waals surface area contributed by atoms with Gasteiger partial charge in [0.2, 0.25) is 5.90 Å². The summed E-state index contributed by atoms with van der Waals surface area (Å²) in [7, 11) is 0. The van der Waals surface area contributed by atoms with Gasteiger partial charge in [-0.05, 0) is 23.8 Å². The van der Waals surface area contributed by atoms with Gasteiger partial charge in [0.25, 0.3) is 5.91 Å². The van der Waals surface area contributed by atoms with Gasteiger partial charge in [-0.1, -0.05) is 30.3 Å². The van der Waals surface area contributed by atoms with Gasteiger partial charge in [-0.25, -0.2) is 4.99 Å². The molecule has 2 aliphatic heterocycles. The molecule has 0 fully saturated rings. The monoisotopic (exact) mass is 401 g/mol. The maximum absolute atomic E-state index is 11.7. The number of ether oxygens (including phenoxy) is 1. The smallest absolute Gasteiger partial charge is 0.252 e. The lowest BCUT2D eigenvalue weighted by Crippen LogP contribution is -2.37. The van der Waals surface area contributed by atoms with Crippen molar-refractivity contribution in [3.8, 4) is 0 Å². The highest BCUT2D eigenvalue weighted by atomic mass is 16.5. The van der Waals surface area contributed by atoms with Gasteiger partial charge in [0.05, 0.1) is 17.4 Å². The van der Waals surface area contributed by atoms with Crippen molar-refractivity contribution in [3.05, 3.63) is 89.3 Å². The average Bonchev–Trinajstić information content (AvgIpc) is 3.22. The van der Waals surface area contributed by atoms with E-state index in [0.29, 0.717) is 35.9 Å². The molecule has 4 heterocycles. The first-order chi connectivity index (χ1) is 14.7. The predicted octanol–water partition coefficient (Wildman–Crippen LogP) is 1.76. The second kappa shape index (κ2) is 7.36. The highest BCUT2D eigenvalue weighted by Gasteiger charge is 2.29. The van der Waals surface area contributed by atoms with E-state index in [1.165, 1.54) is 0 Å². The van der Waals surface area contributed by atoms with E-state index in [1.54, 1.807) is 29.0 Å². The third kappa shape index (κ3) is 3.16. The summed E-state index contributed by atoms with van der Waals surface area (Å²) in [6.45, 7) is 0.642. The number of benzene rings is 1. The average molecular weight is 401 g/mol. The molecule has 2 aliphatic rings. The van der Waals surface area contributed by atoms with Gasteiger partial charge in [-0.3, -0.25) is 9.20 Å². The van der Waals surface area contributed by atoms with Crippen LogP contribution in [0.15, 0.2) is 77.4 Å². The third-order valence-corrected chi connectivity index (χ3v) is 4.97. The Balaban J connectivity index is 1.49. The lowest BCUT2D eigenvalue weighted by Gasteiger charge is -2.28. The van der Waals surface area contributed by atoms with Gasteiger partial charge < -0.3 is 21.1 Å². The van der Waals surface area contributed by atoms with Crippen molar-refractivity contribution in [2.75, 3.05) is 0 Å². The minimum absolute atomic E-state index is 0.301. The molecule has 3 aromatic rings. The second-order valence-electron chi connectivity index (χ2n) is 6.91. The number of fused-ring (bicyclic) bond motifs is 2. The van der Waals surface area contributed by atoms with E-state index in [-0.39, 0.29) is 0 Å². The van der Waals surface area contributed by atoms with Crippen molar-refractivity contribution < 1.29 is 9.53 Å². The molecular weight excluding hydrogens is 382 g/mol. The van der Waals surface area contributed by atoms with Gasteiger partial charge >= 0.3 is 0 Å². The van der Waals surface area contributed by atoms with Crippen LogP contribution in [0.25, 0.3) is 5.65 Å². The number of carbonyl (C=O) groups is 1. The van der Waals surface area contributed by atoms with Crippen LogP contribution in [0.5, 0.6) is 0 Å². The summed E-state index contributed by atoms with van der Waals surface area (Å²) in [6, 6.07) is 13.5. The van der Waals surface area contributed by atoms with Crippen molar-refractivity contribution in [1.82, 2.24) is 25.2 Å². The van der Waals surface area contributed by atoms with Crippen LogP contribution < -0.4 is 16.4 Å². The number of carbonyl (C=O) groups excluding carboxylic acids is 1. The zero-order chi connectivity index (χ0) is 20.5. The topological polar surface area (TPSA) is 119 Å². The first-order valence-electron chi connectivity index (χ1n) is 9.51. The number of amides is 1. The Hall–Kier alpha value is -4.14. The number of nitrogens with two attached hydrogens (primary N) is 1. The number of nitrogens with one attached hydrogen (secondary N) is 2. The van der Waals surface area contributed by atoms with Gasteiger partial charge in [0.1, 0.15) is 5.82 Å². The molecule has 4 N–H and O–H groups in total. The normalized spacial score (nSPS) is 17.7. The molecule has 150 valence electrons. The zero-order valence-corrected chi connectivity index (χ0v) is 15.9. The number of aliphatic imine (C=N–C) groups is 1. The van der Waals surface area contributed by atoms with E-state index in [0.717, 1.165) is 17.0 Å². The highest BCUT2D eigenvalue weighted by molar-refractivity contribution is 5.98. The van der Waals surface area contributed by atoms with Crippen molar-refractivity contribution >= 4 is 17.5 Å². The lowest BCUT2D eigenvalue weighted by atomic mass is 10.1. The van der Waals surface area contributed by atoms with Gasteiger partial charge in [-0.2, -0.15) is 0 Å². The van der Waals surface area contributed by atoms with Crippen LogP contribution in [0.1, 0.15) is 34.3 Å². The van der Waals surface area contributed by atoms with Crippen LogP contribution in [0.2, 0.25) is 0 Å². The van der Waals surface area contributed by atoms with Crippen LogP contribution in [0.4, 0.5) is 0 Å². The molecule has 9 heteroatoms. The minimum Gasteiger partial charge on any atom is -0.447 e. The highest BCUT2D eigenvalue weighted by Crippen LogP contribution is 2.26. The number of rotatable bonds is 5. The molecule has 30 heavy (non-hydrogen) atoms. The fourth-order valence-electron chi connectivity index (χ4n) is 3.51. The summed E-state index contributed by atoms with van der Waals surface area (Å²) in [5, 5.41) is 15.3. The number of primary amides is 1. The van der Waals surface area contributed by atoms with Crippen molar-refractivity contribution in [1.29, 1.82) is 0 Å². The first kappa shape index (κ1) is 17.9. The zero-order valence-electron chi connectivity index (χ0n) is 15.9. The van der Waals surface area contributed by atoms with Crippen molar-refractivity contribution in [2.45, 2.75) is 19.1 Å². The van der Waals surface area contributed by atoms with Crippen molar-refractivity contribution in [2.24, 2.45) is 10.7 Å². The quantitative estimate of drug-likeness (QED) is 0.599. The Morgan fingerprint density at radius 2 is 2.10 bits per heavy atom. The van der Waals surface area contributed by atoms with E-state index in [1.807, 2.05) is 24.3 Å². The minimum atomic E-state index is -0.560. The molecule has 0 radical (unpaired) electrons. The molecule has 0 saturated carbocycles. The van der Waals surface area contributed by atoms with E-state index in [9.17, 15) is 4.79 Å². The number of pyridine rings is 1. The molecule has 0 bridgehead atoms. The van der Waals surface area contributed by atoms with Gasteiger partial charge in [-0.15, -0.1) is 10.2 Å². The summed E-state index contributed by atoms with van der Waals surface area (Å²) < 4.78 is 7.38. The predicted molar refractivity (Wildman–Crippen MR) is 110 cm³/mol. The van der Waals surface area contributed by atoms with Crippen molar-refractivity contribution in [3.63, 3.8) is 0 Å². The number of hydrogen-bond acceptors (Lipinski definition) is 7. The van der Waals surface area contributed by atoms with E-state index in [2.05, 4.69) is 38.0 Å². The first-order valence-corrected chi connectivity index (χ1v) is 9.51. The number of hydrogen-bond donors (Lipinski definition) is 3. The van der Waals surface area contributed by atoms with Crippen LogP contribution in [-0.2, 0) is 11.3 Å². The third-order valence-electron chi connectivity index (χ3n) is 4.97. The van der Waals surface area contributed by atoms with Gasteiger partial charge in [0.15, 0.2) is 17.6 Å². The Bertz CT molecular complexity index is 1210. The fourth-order valence-corrected chi connectivity index (χ4v) is 3.51. The second-order valence-corrected chi connectivity index (χ2v) is 6.91. The van der Waals surface area contributed by atoms with Crippen LogP contribution >= 0.6 is 0 Å². The maximum atomic E-state index is 11.7. The molecule has 0 aliphatic carbocycles. The molecule has 1 aromatic carbocycles. The standard InChI is InChI=1S/C21H19N7O2/c22-16(29)14-8-4-10-28-19(14)26-27-20(28)18-24-17(15-9-5-11-30-21(15)25-18)23-12-13-6-2-1-3-7-13/h1-8,10-11,18,23-24H,9,12H2,(H2,22,29). The SMILES string of the molecule is NC(=O)c1cccn2c(C3N=C4OC=CCC4=C(NCc4ccccc4)N3)nnc12. The number of aromatic nitrogens is 3. The number of nitrogens with zero attached hydrogens (tertiary/aromatic N) is 4. The van der Waals surface area contributed by atoms with E-state index >= 15 is 0 Å². The number of allylic oxidation sites excluding steroid dienone is 1. The molecule has 9 nitrogen and oxygen atoms in total. The molecule has 0 spiro atoms. The molecule has 5 rings (SSSR count). The molecule has 1 unspecified atom stereocenters. The maximum Gasteiger partial charge on any atom is 0.252 e. The lowest BCUT2D eigenvalue weighted by molar-refractivity contribution is 0.100. The van der Waals surface area contributed by atoms with E-state index < -0.39 is 12.1 Å². The summed E-state index contributed by atoms with van der Waals surface area (Å²) in [4.78, 5) is 16.4. The molecule has 1 atom stereocenters.